The van der Waals surface area contributed by atoms with Gasteiger partial charge >= 0.3 is 11.9 Å². The van der Waals surface area contributed by atoms with E-state index in [-0.39, 0.29) is 11.9 Å². The van der Waals surface area contributed by atoms with Crippen molar-refractivity contribution in [2.75, 3.05) is 17.3 Å². The van der Waals surface area contributed by atoms with Crippen LogP contribution in [0.2, 0.25) is 0 Å². The predicted molar refractivity (Wildman–Crippen MR) is 124 cm³/mol. The van der Waals surface area contributed by atoms with Crippen LogP contribution in [-0.4, -0.2) is 45.8 Å². The zero-order valence-electron chi connectivity index (χ0n) is 17.1. The lowest BCUT2D eigenvalue weighted by Crippen LogP contribution is -2.36. The van der Waals surface area contributed by atoms with Crippen LogP contribution in [-0.2, 0) is 4.79 Å². The Labute approximate surface area is 195 Å². The fourth-order valence-electron chi connectivity index (χ4n) is 2.92. The Balaban J connectivity index is 1.92. The van der Waals surface area contributed by atoms with E-state index in [2.05, 4.69) is 10.3 Å². The minimum absolute atomic E-state index is 0.0146. The highest BCUT2D eigenvalue weighted by molar-refractivity contribution is 6.68. The van der Waals surface area contributed by atoms with Crippen molar-refractivity contribution in [1.82, 2.24) is 4.90 Å². The molecule has 1 saturated heterocycles. The van der Waals surface area contributed by atoms with Crippen molar-refractivity contribution < 1.29 is 14.3 Å². The lowest BCUT2D eigenvalue weighted by molar-refractivity contribution is -0.111. The van der Waals surface area contributed by atoms with Gasteiger partial charge in [-0.2, -0.15) is 0 Å². The van der Waals surface area contributed by atoms with Gasteiger partial charge in [-0.3, -0.25) is 9.69 Å². The Morgan fingerprint density at radius 2 is 1.71 bits per heavy atom. The van der Waals surface area contributed by atoms with Gasteiger partial charge in [0.1, 0.15) is 5.75 Å². The molecule has 1 N–H and O–H groups in total. The number of halogens is 3. The summed E-state index contributed by atoms with van der Waals surface area (Å²) in [6, 6.07) is 15.0. The van der Waals surface area contributed by atoms with Crippen molar-refractivity contribution in [2.24, 2.45) is 4.99 Å². The summed E-state index contributed by atoms with van der Waals surface area (Å²) in [6.07, 6.45) is -1.17. The maximum atomic E-state index is 13.0. The van der Waals surface area contributed by atoms with Crippen LogP contribution in [0.15, 0.2) is 59.6 Å². The van der Waals surface area contributed by atoms with Crippen LogP contribution < -0.4 is 15.0 Å². The summed E-state index contributed by atoms with van der Waals surface area (Å²) >= 11 is 18.4. The second-order valence-corrected chi connectivity index (χ2v) is 9.42. The molecule has 2 aromatic rings. The summed E-state index contributed by atoms with van der Waals surface area (Å²) < 4.78 is 3.77. The van der Waals surface area contributed by atoms with E-state index < -0.39 is 21.9 Å². The highest BCUT2D eigenvalue weighted by atomic mass is 35.6. The molecule has 0 radical (unpaired) electrons. The van der Waals surface area contributed by atoms with E-state index in [1.54, 1.807) is 54.6 Å². The molecule has 1 aliphatic rings. The quantitative estimate of drug-likeness (QED) is 0.459. The average Bonchev–Trinajstić information content (AvgIpc) is 2.90. The fraction of sp³-hybridized carbons (Fsp3) is 0.286. The van der Waals surface area contributed by atoms with E-state index in [4.69, 9.17) is 39.5 Å². The normalized spacial score (nSPS) is 16.9. The van der Waals surface area contributed by atoms with Crippen LogP contribution >= 0.6 is 34.8 Å². The van der Waals surface area contributed by atoms with Gasteiger partial charge in [0, 0.05) is 18.8 Å². The van der Waals surface area contributed by atoms with Gasteiger partial charge in [-0.25, -0.2) is 14.7 Å². The first-order valence-electron chi connectivity index (χ1n) is 9.43. The molecule has 1 atom stereocenters. The van der Waals surface area contributed by atoms with Gasteiger partial charge in [-0.1, -0.05) is 59.1 Å². The molecule has 3 rings (SSSR count). The largest absolute Gasteiger partial charge is 0.491 e. The molecular weight excluding hydrogens is 463 g/mol. The van der Waals surface area contributed by atoms with E-state index in [0.717, 1.165) is 9.80 Å². The first kappa shape index (κ1) is 23.2. The number of anilines is 2. The second-order valence-electron chi connectivity index (χ2n) is 7.05. The van der Waals surface area contributed by atoms with Crippen LogP contribution in [0, 0.1) is 0 Å². The number of benzene rings is 2. The number of hydrogen-bond acceptors (Lipinski definition) is 5. The number of urea groups is 1. The standard InChI is InChI=1S/C21H21Cl3N4O3/c1-13(2)31-16-11-7-8-14(12-16)25-19(21(22,23)24)26-17-18(29)28(20(30)27(17)3)15-9-5-4-6-10-15/h4-13,19,25H,1-3H3. The molecule has 0 saturated carbocycles. The first-order valence-corrected chi connectivity index (χ1v) is 10.6. The molecule has 0 aliphatic carbocycles. The smallest absolute Gasteiger partial charge is 0.337 e. The number of para-hydroxylation sites is 1. The lowest BCUT2D eigenvalue weighted by atomic mass is 10.3. The number of amides is 3. The maximum Gasteiger partial charge on any atom is 0.337 e. The second kappa shape index (κ2) is 9.34. The molecular formula is C21H21Cl3N4O3. The third kappa shape index (κ3) is 5.42. The Morgan fingerprint density at radius 3 is 2.32 bits per heavy atom. The van der Waals surface area contributed by atoms with Crippen molar-refractivity contribution >= 4 is 64.0 Å². The number of nitrogens with one attached hydrogen (secondary N) is 1. The lowest BCUT2D eigenvalue weighted by Gasteiger charge is -2.24. The average molecular weight is 484 g/mol. The van der Waals surface area contributed by atoms with Crippen LogP contribution in [0.5, 0.6) is 5.75 Å². The summed E-state index contributed by atoms with van der Waals surface area (Å²) in [7, 11) is 1.44. The van der Waals surface area contributed by atoms with E-state index in [1.165, 1.54) is 7.05 Å². The molecule has 3 amide bonds. The Morgan fingerprint density at radius 1 is 1.03 bits per heavy atom. The molecule has 164 valence electrons. The molecule has 1 fully saturated rings. The number of rotatable bonds is 6. The number of nitrogens with zero attached hydrogens (tertiary/aromatic N) is 3. The number of ether oxygens (including phenoxy) is 1. The molecule has 1 aliphatic heterocycles. The molecule has 2 aromatic carbocycles. The third-order valence-corrected chi connectivity index (χ3v) is 4.90. The minimum atomic E-state index is -1.91. The van der Waals surface area contributed by atoms with Gasteiger partial charge < -0.3 is 10.1 Å². The minimum Gasteiger partial charge on any atom is -0.491 e. The Bertz CT molecular complexity index is 993. The number of carbonyl (C=O) groups excluding carboxylic acids is 2. The summed E-state index contributed by atoms with van der Waals surface area (Å²) in [4.78, 5) is 32.1. The van der Waals surface area contributed by atoms with Gasteiger partial charge in [-0.05, 0) is 38.1 Å². The molecule has 1 heterocycles. The first-order chi connectivity index (χ1) is 14.6. The third-order valence-electron chi connectivity index (χ3n) is 4.28. The molecule has 31 heavy (non-hydrogen) atoms. The molecule has 7 nitrogen and oxygen atoms in total. The SMILES string of the molecule is CC(C)Oc1cccc(NC(N=C2C(=O)N(c3ccccc3)C(=O)N2C)C(Cl)(Cl)Cl)c1. The fourth-order valence-corrected chi connectivity index (χ4v) is 3.23. The van der Waals surface area contributed by atoms with Gasteiger partial charge in [0.2, 0.25) is 9.63 Å². The molecule has 1 unspecified atom stereocenters. The van der Waals surface area contributed by atoms with Gasteiger partial charge in [0.05, 0.1) is 11.8 Å². The number of imide groups is 1. The van der Waals surface area contributed by atoms with E-state index in [0.29, 0.717) is 17.1 Å². The van der Waals surface area contributed by atoms with E-state index in [1.807, 2.05) is 13.8 Å². The summed E-state index contributed by atoms with van der Waals surface area (Å²) in [5, 5.41) is 3.00. The van der Waals surface area contributed by atoms with Crippen molar-refractivity contribution in [1.29, 1.82) is 0 Å². The number of likely N-dealkylation sites (N-methyl/N-ethyl adjacent to an activating group) is 1. The van der Waals surface area contributed by atoms with Crippen LogP contribution in [0.4, 0.5) is 16.2 Å². The molecule has 0 aromatic heterocycles. The Hall–Kier alpha value is -2.48. The number of alkyl halides is 3. The van der Waals surface area contributed by atoms with Gasteiger partial charge in [-0.15, -0.1) is 0 Å². The van der Waals surface area contributed by atoms with Crippen molar-refractivity contribution in [2.45, 2.75) is 29.9 Å². The van der Waals surface area contributed by atoms with E-state index >= 15 is 0 Å². The summed E-state index contributed by atoms with van der Waals surface area (Å²) in [6.45, 7) is 3.82. The summed E-state index contributed by atoms with van der Waals surface area (Å²) in [5.74, 6) is -0.140. The van der Waals surface area contributed by atoms with Gasteiger partial charge in [0.25, 0.3) is 0 Å². The highest BCUT2D eigenvalue weighted by Crippen LogP contribution is 2.34. The zero-order valence-corrected chi connectivity index (χ0v) is 19.3. The monoisotopic (exact) mass is 482 g/mol. The van der Waals surface area contributed by atoms with Crippen molar-refractivity contribution in [3.8, 4) is 5.75 Å². The van der Waals surface area contributed by atoms with Crippen molar-refractivity contribution in [3.63, 3.8) is 0 Å². The van der Waals surface area contributed by atoms with Gasteiger partial charge in [0.15, 0.2) is 6.17 Å². The van der Waals surface area contributed by atoms with E-state index in [9.17, 15) is 9.59 Å². The zero-order chi connectivity index (χ0) is 22.8. The highest BCUT2D eigenvalue weighted by Gasteiger charge is 2.43. The van der Waals surface area contributed by atoms with Crippen LogP contribution in [0.25, 0.3) is 0 Å². The molecule has 0 bridgehead atoms. The van der Waals surface area contributed by atoms with Crippen LogP contribution in [0.1, 0.15) is 13.8 Å². The van der Waals surface area contributed by atoms with Crippen LogP contribution in [0.3, 0.4) is 0 Å². The Kier molecular flexibility index (Phi) is 6.99. The number of amidine groups is 1. The predicted octanol–water partition coefficient (Wildman–Crippen LogP) is 5.08. The topological polar surface area (TPSA) is 74.2 Å². The molecule has 0 spiro atoms. The number of aliphatic imine (C=N–C) groups is 1. The maximum absolute atomic E-state index is 13.0. The number of carbonyl (C=O) groups is 2. The summed E-state index contributed by atoms with van der Waals surface area (Å²) in [5.41, 5.74) is 0.990. The number of hydrogen-bond donors (Lipinski definition) is 1. The molecule has 10 heteroatoms. The van der Waals surface area contributed by atoms with Crippen molar-refractivity contribution in [3.05, 3.63) is 54.6 Å².